The zero-order valence-electron chi connectivity index (χ0n) is 23.5. The summed E-state index contributed by atoms with van der Waals surface area (Å²) in [5, 5.41) is 0. The first kappa shape index (κ1) is 29.9. The number of nitrogens with zero attached hydrogens (tertiary/aromatic N) is 3. The van der Waals surface area contributed by atoms with Gasteiger partial charge in [-0.2, -0.15) is 4.99 Å². The predicted octanol–water partition coefficient (Wildman–Crippen LogP) is 3.52. The first-order valence-corrected chi connectivity index (χ1v) is 15.9. The van der Waals surface area contributed by atoms with Crippen molar-refractivity contribution in [2.45, 2.75) is 62.4 Å². The van der Waals surface area contributed by atoms with Gasteiger partial charge in [0.2, 0.25) is 21.5 Å². The zero-order chi connectivity index (χ0) is 29.9. The topological polar surface area (TPSA) is 143 Å². The summed E-state index contributed by atoms with van der Waals surface area (Å²) in [5.74, 6) is -2.17. The number of nitrogens with two attached hydrogens (primary N) is 1. The van der Waals surface area contributed by atoms with Gasteiger partial charge in [0, 0.05) is 30.6 Å². The average molecular weight is 597 g/mol. The number of hydrogen-bond donors (Lipinski definition) is 3. The van der Waals surface area contributed by atoms with Gasteiger partial charge in [-0.15, -0.1) is 6.58 Å². The summed E-state index contributed by atoms with van der Waals surface area (Å²) in [5.41, 5.74) is 8.67. The molecular weight excluding hydrogens is 559 g/mol. The SMILES string of the molecule is C=CCNS(=O)(=O)c1cc(C(=O)/N=c2\[nH]c3ccc(CN4CCCCC4)cc3n2[C@H]2CC[C@@H](C(N)=O)CC2)ccc1F. The lowest BCUT2D eigenvalue weighted by Crippen LogP contribution is -2.32. The Morgan fingerprint density at radius 2 is 1.83 bits per heavy atom. The molecule has 4 N–H and O–H groups in total. The molecule has 3 aromatic rings. The number of carbonyl (C=O) groups excluding carboxylic acids is 2. The van der Waals surface area contributed by atoms with Gasteiger partial charge in [-0.05, 0) is 87.5 Å². The fourth-order valence-corrected chi connectivity index (χ4v) is 7.07. The first-order valence-electron chi connectivity index (χ1n) is 14.4. The maximum atomic E-state index is 14.5. The highest BCUT2D eigenvalue weighted by Gasteiger charge is 2.28. The van der Waals surface area contributed by atoms with Gasteiger partial charge in [-0.25, -0.2) is 17.5 Å². The van der Waals surface area contributed by atoms with Crippen molar-refractivity contribution in [3.8, 4) is 0 Å². The number of fused-ring (bicyclic) bond motifs is 1. The third-order valence-corrected chi connectivity index (χ3v) is 9.65. The van der Waals surface area contributed by atoms with Crippen molar-refractivity contribution in [1.29, 1.82) is 0 Å². The Hall–Kier alpha value is -3.61. The molecule has 2 heterocycles. The third kappa shape index (κ3) is 6.55. The van der Waals surface area contributed by atoms with Crippen LogP contribution in [0.2, 0.25) is 0 Å². The minimum absolute atomic E-state index is 0.0293. The van der Waals surface area contributed by atoms with Crippen molar-refractivity contribution in [2.24, 2.45) is 16.6 Å². The molecule has 2 amide bonds. The van der Waals surface area contributed by atoms with E-state index in [0.717, 1.165) is 48.4 Å². The Bertz CT molecular complexity index is 1660. The Morgan fingerprint density at radius 3 is 2.52 bits per heavy atom. The van der Waals surface area contributed by atoms with Crippen LogP contribution in [0.3, 0.4) is 0 Å². The number of benzene rings is 2. The first-order chi connectivity index (χ1) is 20.2. The van der Waals surface area contributed by atoms with Crippen LogP contribution < -0.4 is 16.1 Å². The zero-order valence-corrected chi connectivity index (χ0v) is 24.3. The van der Waals surface area contributed by atoms with Crippen LogP contribution in [0.4, 0.5) is 4.39 Å². The van der Waals surface area contributed by atoms with Crippen LogP contribution in [0.1, 0.15) is 66.9 Å². The van der Waals surface area contributed by atoms with Gasteiger partial charge in [0.05, 0.1) is 11.0 Å². The highest BCUT2D eigenvalue weighted by molar-refractivity contribution is 7.89. The van der Waals surface area contributed by atoms with Gasteiger partial charge >= 0.3 is 0 Å². The molecule has 10 nitrogen and oxygen atoms in total. The number of nitrogens with one attached hydrogen (secondary N) is 2. The number of halogens is 1. The molecule has 0 atom stereocenters. The van der Waals surface area contributed by atoms with Gasteiger partial charge < -0.3 is 15.3 Å². The normalized spacial score (nSPS) is 20.5. The summed E-state index contributed by atoms with van der Waals surface area (Å²) in [6.45, 7) is 6.34. The van der Waals surface area contributed by atoms with Crippen LogP contribution in [0.25, 0.3) is 11.0 Å². The Labute approximate surface area is 244 Å². The summed E-state index contributed by atoms with van der Waals surface area (Å²) in [6.07, 6.45) is 7.62. The van der Waals surface area contributed by atoms with Crippen LogP contribution in [-0.2, 0) is 21.4 Å². The highest BCUT2D eigenvalue weighted by Crippen LogP contribution is 2.33. The molecular formula is C30H37FN6O4S. The molecule has 2 aliphatic rings. The second kappa shape index (κ2) is 12.7. The fraction of sp³-hybridized carbons (Fsp3) is 0.433. The van der Waals surface area contributed by atoms with Crippen LogP contribution in [0, 0.1) is 11.7 Å². The lowest BCUT2D eigenvalue weighted by Gasteiger charge is -2.28. The van der Waals surface area contributed by atoms with Crippen LogP contribution in [0.15, 0.2) is 58.9 Å². The fourth-order valence-electron chi connectivity index (χ4n) is 5.97. The van der Waals surface area contributed by atoms with Gasteiger partial charge in [0.15, 0.2) is 0 Å². The molecule has 1 aliphatic carbocycles. The number of aromatic nitrogens is 2. The van der Waals surface area contributed by atoms with E-state index >= 15 is 0 Å². The van der Waals surface area contributed by atoms with E-state index in [4.69, 9.17) is 5.73 Å². The smallest absolute Gasteiger partial charge is 0.280 e. The van der Waals surface area contributed by atoms with Crippen LogP contribution in [-0.4, -0.2) is 54.3 Å². The molecule has 1 aliphatic heterocycles. The van der Waals surface area contributed by atoms with Crippen molar-refractivity contribution in [3.63, 3.8) is 0 Å². The molecule has 0 radical (unpaired) electrons. The number of carbonyl (C=O) groups is 2. The molecule has 0 spiro atoms. The molecule has 224 valence electrons. The van der Waals surface area contributed by atoms with E-state index in [1.54, 1.807) is 0 Å². The molecule has 12 heteroatoms. The predicted molar refractivity (Wildman–Crippen MR) is 157 cm³/mol. The number of amides is 2. The van der Waals surface area contributed by atoms with Crippen molar-refractivity contribution in [3.05, 3.63) is 71.6 Å². The summed E-state index contributed by atoms with van der Waals surface area (Å²) in [6, 6.07) is 9.31. The van der Waals surface area contributed by atoms with E-state index in [-0.39, 0.29) is 30.0 Å². The number of primary amides is 1. The van der Waals surface area contributed by atoms with E-state index in [0.29, 0.717) is 31.3 Å². The molecule has 2 fully saturated rings. The molecule has 1 saturated heterocycles. The minimum atomic E-state index is -4.20. The van der Waals surface area contributed by atoms with Crippen LogP contribution >= 0.6 is 0 Å². The van der Waals surface area contributed by atoms with Crippen molar-refractivity contribution >= 4 is 32.9 Å². The monoisotopic (exact) mass is 596 g/mol. The van der Waals surface area contributed by atoms with E-state index < -0.39 is 26.6 Å². The molecule has 0 bridgehead atoms. The maximum Gasteiger partial charge on any atom is 0.280 e. The van der Waals surface area contributed by atoms with Crippen molar-refractivity contribution in [2.75, 3.05) is 19.6 Å². The van der Waals surface area contributed by atoms with Gasteiger partial charge in [-0.1, -0.05) is 18.6 Å². The van der Waals surface area contributed by atoms with Gasteiger partial charge in [0.1, 0.15) is 10.7 Å². The maximum absolute atomic E-state index is 14.5. The third-order valence-electron chi connectivity index (χ3n) is 8.21. The van der Waals surface area contributed by atoms with Crippen LogP contribution in [0.5, 0.6) is 0 Å². The molecule has 42 heavy (non-hydrogen) atoms. The van der Waals surface area contributed by atoms with E-state index in [1.807, 2.05) is 10.6 Å². The molecule has 1 saturated carbocycles. The quantitative estimate of drug-likeness (QED) is 0.324. The minimum Gasteiger partial charge on any atom is -0.369 e. The molecule has 0 unspecified atom stereocenters. The van der Waals surface area contributed by atoms with E-state index in [2.05, 4.69) is 38.3 Å². The number of imidazole rings is 1. The van der Waals surface area contributed by atoms with Crippen molar-refractivity contribution < 1.29 is 22.4 Å². The second-order valence-electron chi connectivity index (χ2n) is 11.1. The summed E-state index contributed by atoms with van der Waals surface area (Å²) >= 11 is 0. The number of aromatic amines is 1. The number of hydrogen-bond acceptors (Lipinski definition) is 5. The van der Waals surface area contributed by atoms with E-state index in [9.17, 15) is 22.4 Å². The standard InChI is InChI=1S/C30H37FN6O4S/c1-2-14-33-42(40,41)27-18-22(9-12-24(27)31)29(39)35-30-34-25-13-6-20(19-36-15-4-3-5-16-36)17-26(25)37(30)23-10-7-21(8-11-23)28(32)38/h2,6,9,12-13,17-18,21,23,33H,1,3-5,7-8,10-11,14-16,19H2,(H2,32,38)(H,34,35,39)/t21-,23+. The molecule has 2 aromatic carbocycles. The largest absolute Gasteiger partial charge is 0.369 e. The summed E-state index contributed by atoms with van der Waals surface area (Å²) in [4.78, 5) is 34.6. The molecule has 1 aromatic heterocycles. The second-order valence-corrected chi connectivity index (χ2v) is 12.9. The number of likely N-dealkylation sites (tertiary alicyclic amines) is 1. The Kier molecular flexibility index (Phi) is 9.05. The summed E-state index contributed by atoms with van der Waals surface area (Å²) < 4.78 is 43.9. The number of H-pyrrole nitrogens is 1. The average Bonchev–Trinajstić information content (AvgIpc) is 3.33. The number of sulfonamides is 1. The highest BCUT2D eigenvalue weighted by atomic mass is 32.2. The van der Waals surface area contributed by atoms with Crippen molar-refractivity contribution in [1.82, 2.24) is 19.2 Å². The van der Waals surface area contributed by atoms with Gasteiger partial charge in [-0.3, -0.25) is 14.5 Å². The Morgan fingerprint density at radius 1 is 1.10 bits per heavy atom. The van der Waals surface area contributed by atoms with Gasteiger partial charge in [0.25, 0.3) is 5.91 Å². The summed E-state index contributed by atoms with van der Waals surface area (Å²) in [7, 11) is -4.20. The number of piperidine rings is 1. The molecule has 5 rings (SSSR count). The lowest BCUT2D eigenvalue weighted by atomic mass is 9.85. The number of rotatable bonds is 9. The Balaban J connectivity index is 1.54. The lowest BCUT2D eigenvalue weighted by molar-refractivity contribution is -0.122. The van der Waals surface area contributed by atoms with E-state index in [1.165, 1.54) is 31.4 Å².